The second-order valence-corrected chi connectivity index (χ2v) is 3.66. The molecule has 0 saturated carbocycles. The van der Waals surface area contributed by atoms with E-state index in [9.17, 15) is 0 Å². The van der Waals surface area contributed by atoms with Gasteiger partial charge in [-0.25, -0.2) is 4.98 Å². The summed E-state index contributed by atoms with van der Waals surface area (Å²) in [5.74, 6) is 1.14. The van der Waals surface area contributed by atoms with Gasteiger partial charge in [0, 0.05) is 18.9 Å². The van der Waals surface area contributed by atoms with Crippen LogP contribution in [0, 0.1) is 6.92 Å². The predicted octanol–water partition coefficient (Wildman–Crippen LogP) is 3.25. The van der Waals surface area contributed by atoms with Gasteiger partial charge in [0.25, 0.3) is 0 Å². The Hall–Kier alpha value is -0.730. The van der Waals surface area contributed by atoms with E-state index in [-0.39, 0.29) is 0 Å². The standard InChI is InChI=1S/C10H12Cl2N2/c1-8-4-3-5-9(12)7-14(2)10(6-11)13-8/h3-5,7H,6H2,1-2H3. The minimum Gasteiger partial charge on any atom is -0.337 e. The van der Waals surface area contributed by atoms with Crippen molar-refractivity contribution in [3.05, 3.63) is 40.9 Å². The van der Waals surface area contributed by atoms with Gasteiger partial charge in [-0.2, -0.15) is 0 Å². The zero-order valence-corrected chi connectivity index (χ0v) is 9.68. The number of halogens is 2. The van der Waals surface area contributed by atoms with Crippen LogP contribution in [0.1, 0.15) is 11.5 Å². The van der Waals surface area contributed by atoms with Crippen LogP contribution in [0.3, 0.4) is 0 Å². The van der Waals surface area contributed by atoms with Gasteiger partial charge < -0.3 is 4.57 Å². The highest BCUT2D eigenvalue weighted by Crippen LogP contribution is 2.05. The normalized spacial score (nSPS) is 9.71. The highest BCUT2D eigenvalue weighted by molar-refractivity contribution is 6.30. The molecule has 1 aromatic rings. The average molecular weight is 231 g/mol. The molecule has 0 spiro atoms. The largest absolute Gasteiger partial charge is 0.337 e. The Morgan fingerprint density at radius 3 is 2.79 bits per heavy atom. The Balaban J connectivity index is 3.47. The van der Waals surface area contributed by atoms with Gasteiger partial charge in [0.05, 0.1) is 10.9 Å². The molecular weight excluding hydrogens is 219 g/mol. The number of alkyl halides is 1. The molecule has 1 heterocycles. The molecule has 0 aromatic carbocycles. The van der Waals surface area contributed by atoms with Crippen molar-refractivity contribution >= 4 is 23.2 Å². The highest BCUT2D eigenvalue weighted by Gasteiger charge is 1.93. The summed E-state index contributed by atoms with van der Waals surface area (Å²) < 4.78 is 1.82. The molecule has 0 saturated heterocycles. The fourth-order valence-electron chi connectivity index (χ4n) is 1.03. The molecule has 0 radical (unpaired) electrons. The Morgan fingerprint density at radius 2 is 2.14 bits per heavy atom. The van der Waals surface area contributed by atoms with Gasteiger partial charge >= 0.3 is 0 Å². The van der Waals surface area contributed by atoms with Gasteiger partial charge in [-0.15, -0.1) is 11.6 Å². The summed E-state index contributed by atoms with van der Waals surface area (Å²) in [7, 11) is 1.87. The van der Waals surface area contributed by atoms with Crippen molar-refractivity contribution in [2.24, 2.45) is 7.05 Å². The van der Waals surface area contributed by atoms with Gasteiger partial charge in [0.1, 0.15) is 5.82 Å². The second-order valence-electron chi connectivity index (χ2n) is 2.95. The molecule has 0 bridgehead atoms. The fourth-order valence-corrected chi connectivity index (χ4v) is 1.49. The minimum atomic E-state index is 0.363. The van der Waals surface area contributed by atoms with Crippen molar-refractivity contribution < 1.29 is 0 Å². The zero-order chi connectivity index (χ0) is 10.6. The number of aromatic nitrogens is 2. The molecule has 0 aliphatic heterocycles. The van der Waals surface area contributed by atoms with Crippen molar-refractivity contribution in [3.63, 3.8) is 0 Å². The molecule has 0 N–H and O–H groups in total. The number of hydrogen-bond donors (Lipinski definition) is 0. The van der Waals surface area contributed by atoms with E-state index in [0.29, 0.717) is 10.9 Å². The lowest BCUT2D eigenvalue weighted by molar-refractivity contribution is 0.805. The van der Waals surface area contributed by atoms with E-state index >= 15 is 0 Å². The van der Waals surface area contributed by atoms with Gasteiger partial charge in [-0.1, -0.05) is 17.7 Å². The fraction of sp³-hybridized carbons (Fsp3) is 0.300. The maximum Gasteiger partial charge on any atom is 0.123 e. The maximum absolute atomic E-state index is 5.94. The molecule has 14 heavy (non-hydrogen) atoms. The molecule has 0 aliphatic rings. The van der Waals surface area contributed by atoms with Crippen LogP contribution in [0.15, 0.2) is 24.4 Å². The lowest BCUT2D eigenvalue weighted by Gasteiger charge is -2.00. The highest BCUT2D eigenvalue weighted by atomic mass is 35.5. The van der Waals surface area contributed by atoms with Crippen LogP contribution in [0.2, 0.25) is 5.02 Å². The summed E-state index contributed by atoms with van der Waals surface area (Å²) in [5.41, 5.74) is 0.906. The summed E-state index contributed by atoms with van der Waals surface area (Å²) in [6, 6.07) is 5.57. The van der Waals surface area contributed by atoms with Crippen molar-refractivity contribution in [1.29, 1.82) is 0 Å². The molecule has 0 fully saturated rings. The quantitative estimate of drug-likeness (QED) is 0.678. The topological polar surface area (TPSA) is 17.8 Å². The molecular formula is C10H12Cl2N2. The summed E-state index contributed by atoms with van der Waals surface area (Å²) in [6.07, 6.45) is 1.78. The number of nitrogens with zero attached hydrogens (tertiary/aromatic N) is 2. The van der Waals surface area contributed by atoms with E-state index < -0.39 is 0 Å². The lowest BCUT2D eigenvalue weighted by Crippen LogP contribution is -1.99. The first kappa shape index (κ1) is 11.3. The van der Waals surface area contributed by atoms with Gasteiger partial charge in [0.15, 0.2) is 0 Å². The van der Waals surface area contributed by atoms with Crippen LogP contribution >= 0.6 is 23.2 Å². The van der Waals surface area contributed by atoms with Crippen LogP contribution < -0.4 is 0 Å². The third-order valence-electron chi connectivity index (χ3n) is 1.74. The molecule has 4 heteroatoms. The summed E-state index contributed by atoms with van der Waals surface area (Å²) in [5, 5.41) is 0.649. The van der Waals surface area contributed by atoms with Crippen molar-refractivity contribution in [1.82, 2.24) is 9.55 Å². The van der Waals surface area contributed by atoms with E-state index in [0.717, 1.165) is 11.5 Å². The average Bonchev–Trinajstić information content (AvgIpc) is 2.17. The van der Waals surface area contributed by atoms with Gasteiger partial charge in [0.2, 0.25) is 0 Å². The van der Waals surface area contributed by atoms with Crippen molar-refractivity contribution in [2.45, 2.75) is 12.8 Å². The monoisotopic (exact) mass is 230 g/mol. The van der Waals surface area contributed by atoms with Gasteiger partial charge in [-0.3, -0.25) is 0 Å². The second kappa shape index (κ2) is 5.23. The third kappa shape index (κ3) is 3.20. The van der Waals surface area contributed by atoms with Crippen LogP contribution in [0.5, 0.6) is 0 Å². The van der Waals surface area contributed by atoms with E-state index in [1.165, 1.54) is 0 Å². The summed E-state index contributed by atoms with van der Waals surface area (Å²) >= 11 is 11.7. The third-order valence-corrected chi connectivity index (χ3v) is 2.20. The number of rotatable bonds is 1. The van der Waals surface area contributed by atoms with E-state index in [1.54, 1.807) is 6.20 Å². The molecule has 0 aliphatic carbocycles. The van der Waals surface area contributed by atoms with E-state index in [2.05, 4.69) is 4.98 Å². The summed E-state index contributed by atoms with van der Waals surface area (Å²) in [6.45, 7) is 1.92. The Bertz CT molecular complexity index is 371. The maximum atomic E-state index is 5.94. The first-order valence-corrected chi connectivity index (χ1v) is 5.13. The van der Waals surface area contributed by atoms with Crippen LogP contribution in [0.4, 0.5) is 0 Å². The first-order chi connectivity index (χ1) is 6.63. The number of aryl methyl sites for hydroxylation is 2. The Labute approximate surface area is 93.8 Å². The Morgan fingerprint density at radius 1 is 1.43 bits per heavy atom. The van der Waals surface area contributed by atoms with Gasteiger partial charge in [-0.05, 0) is 19.1 Å². The SMILES string of the molecule is Cc1cccc(Cl)cn(C)c(CCl)n1. The molecule has 1 aromatic heterocycles. The molecule has 0 atom stereocenters. The Kier molecular flexibility index (Phi) is 4.23. The van der Waals surface area contributed by atoms with Crippen LogP contribution in [-0.2, 0) is 12.9 Å². The summed E-state index contributed by atoms with van der Waals surface area (Å²) in [4.78, 5) is 4.35. The lowest BCUT2D eigenvalue weighted by atomic mass is 10.4. The molecule has 76 valence electrons. The zero-order valence-electron chi connectivity index (χ0n) is 8.17. The van der Waals surface area contributed by atoms with Crippen LogP contribution in [0.25, 0.3) is 0 Å². The van der Waals surface area contributed by atoms with Crippen molar-refractivity contribution in [2.75, 3.05) is 0 Å². The molecule has 2 nitrogen and oxygen atoms in total. The number of hydrogen-bond acceptors (Lipinski definition) is 1. The van der Waals surface area contributed by atoms with Crippen molar-refractivity contribution in [3.8, 4) is 0 Å². The molecule has 1 rings (SSSR count). The molecule has 0 unspecified atom stereocenters. The molecule has 0 amide bonds. The smallest absolute Gasteiger partial charge is 0.123 e. The van der Waals surface area contributed by atoms with E-state index in [1.807, 2.05) is 36.7 Å². The predicted molar refractivity (Wildman–Crippen MR) is 60.1 cm³/mol. The minimum absolute atomic E-state index is 0.363. The van der Waals surface area contributed by atoms with Crippen LogP contribution in [-0.4, -0.2) is 9.55 Å². The van der Waals surface area contributed by atoms with E-state index in [4.69, 9.17) is 23.2 Å². The first-order valence-electron chi connectivity index (χ1n) is 4.22.